The molecule has 0 radical (unpaired) electrons. The third kappa shape index (κ3) is 1.43. The zero-order chi connectivity index (χ0) is 10.3. The first kappa shape index (κ1) is 9.94. The van der Waals surface area contributed by atoms with E-state index < -0.39 is 6.10 Å². The molecule has 0 heterocycles. The summed E-state index contributed by atoms with van der Waals surface area (Å²) in [7, 11) is 0. The van der Waals surface area contributed by atoms with E-state index in [0.717, 1.165) is 18.4 Å². The molecule has 0 amide bonds. The zero-order valence-corrected chi connectivity index (χ0v) is 8.74. The molecule has 0 bridgehead atoms. The lowest BCUT2D eigenvalue weighted by Crippen LogP contribution is -2.12. The molecule has 1 aliphatic rings. The minimum absolute atomic E-state index is 0.324. The van der Waals surface area contributed by atoms with Gasteiger partial charge in [0.15, 0.2) is 0 Å². The standard InChI is InChI=1S/C11H12ClFO/c1-6-9(13)5-8(12)7-3-2-4-10(14)11(6)7/h5,10,14H,2-4H2,1H3/t10-/m0/s1. The van der Waals surface area contributed by atoms with Crippen molar-refractivity contribution in [2.24, 2.45) is 0 Å². The Morgan fingerprint density at radius 3 is 3.00 bits per heavy atom. The molecule has 0 saturated carbocycles. The summed E-state index contributed by atoms with van der Waals surface area (Å²) in [5, 5.41) is 10.2. The SMILES string of the molecule is Cc1c(F)cc(Cl)c2c1[C@@H](O)CCC2. The van der Waals surface area contributed by atoms with E-state index in [4.69, 9.17) is 11.6 Å². The maximum Gasteiger partial charge on any atom is 0.127 e. The summed E-state index contributed by atoms with van der Waals surface area (Å²) in [6.07, 6.45) is 1.91. The van der Waals surface area contributed by atoms with Crippen molar-refractivity contribution in [1.29, 1.82) is 0 Å². The van der Waals surface area contributed by atoms with Gasteiger partial charge in [0, 0.05) is 5.02 Å². The molecule has 0 saturated heterocycles. The molecule has 0 unspecified atom stereocenters. The van der Waals surface area contributed by atoms with E-state index in [2.05, 4.69) is 0 Å². The van der Waals surface area contributed by atoms with Crippen LogP contribution in [0.15, 0.2) is 6.07 Å². The van der Waals surface area contributed by atoms with Crippen molar-refractivity contribution in [3.8, 4) is 0 Å². The summed E-state index contributed by atoms with van der Waals surface area (Å²) in [6, 6.07) is 1.34. The van der Waals surface area contributed by atoms with Crippen molar-refractivity contribution in [3.63, 3.8) is 0 Å². The molecule has 1 atom stereocenters. The van der Waals surface area contributed by atoms with Crippen molar-refractivity contribution < 1.29 is 9.50 Å². The van der Waals surface area contributed by atoms with Gasteiger partial charge in [0.1, 0.15) is 5.82 Å². The minimum atomic E-state index is -0.549. The van der Waals surface area contributed by atoms with Gasteiger partial charge >= 0.3 is 0 Å². The quantitative estimate of drug-likeness (QED) is 0.704. The van der Waals surface area contributed by atoms with Crippen LogP contribution in [0.4, 0.5) is 4.39 Å². The molecule has 0 spiro atoms. The van der Waals surface area contributed by atoms with Crippen LogP contribution in [0.3, 0.4) is 0 Å². The van der Waals surface area contributed by atoms with E-state index in [-0.39, 0.29) is 5.82 Å². The van der Waals surface area contributed by atoms with Crippen LogP contribution in [0.2, 0.25) is 5.02 Å². The van der Waals surface area contributed by atoms with Crippen LogP contribution in [0.5, 0.6) is 0 Å². The highest BCUT2D eigenvalue weighted by molar-refractivity contribution is 6.31. The summed E-state index contributed by atoms with van der Waals surface area (Å²) < 4.78 is 13.3. The topological polar surface area (TPSA) is 20.2 Å². The van der Waals surface area contributed by atoms with Gasteiger partial charge in [-0.05, 0) is 48.9 Å². The van der Waals surface area contributed by atoms with Crippen molar-refractivity contribution in [2.45, 2.75) is 32.3 Å². The van der Waals surface area contributed by atoms with Gasteiger partial charge in [-0.25, -0.2) is 4.39 Å². The Morgan fingerprint density at radius 1 is 1.57 bits per heavy atom. The third-order valence-electron chi connectivity index (χ3n) is 2.87. The average Bonchev–Trinajstić information content (AvgIpc) is 2.14. The van der Waals surface area contributed by atoms with Gasteiger partial charge in [0.25, 0.3) is 0 Å². The van der Waals surface area contributed by atoms with Crippen molar-refractivity contribution in [2.75, 3.05) is 0 Å². The van der Waals surface area contributed by atoms with E-state index in [1.54, 1.807) is 6.92 Å². The molecule has 0 aromatic heterocycles. The third-order valence-corrected chi connectivity index (χ3v) is 3.20. The number of benzene rings is 1. The van der Waals surface area contributed by atoms with Gasteiger partial charge in [-0.2, -0.15) is 0 Å². The van der Waals surface area contributed by atoms with Gasteiger partial charge in [-0.15, -0.1) is 0 Å². The van der Waals surface area contributed by atoms with E-state index in [9.17, 15) is 9.50 Å². The van der Waals surface area contributed by atoms with Gasteiger partial charge in [-0.3, -0.25) is 0 Å². The second kappa shape index (κ2) is 3.52. The first-order valence-electron chi connectivity index (χ1n) is 4.76. The molecule has 2 rings (SSSR count). The normalized spacial score (nSPS) is 20.7. The maximum absolute atomic E-state index is 13.3. The van der Waals surface area contributed by atoms with Crippen LogP contribution in [-0.4, -0.2) is 5.11 Å². The summed E-state index contributed by atoms with van der Waals surface area (Å²) in [4.78, 5) is 0. The van der Waals surface area contributed by atoms with Gasteiger partial charge in [-0.1, -0.05) is 11.6 Å². The Bertz CT molecular complexity index is 376. The first-order valence-corrected chi connectivity index (χ1v) is 5.14. The number of rotatable bonds is 0. The predicted molar refractivity (Wildman–Crippen MR) is 54.0 cm³/mol. The highest BCUT2D eigenvalue weighted by atomic mass is 35.5. The van der Waals surface area contributed by atoms with Crippen LogP contribution >= 0.6 is 11.6 Å². The second-order valence-corrected chi connectivity index (χ2v) is 4.17. The first-order chi connectivity index (χ1) is 6.61. The maximum atomic E-state index is 13.3. The molecule has 1 nitrogen and oxygen atoms in total. The van der Waals surface area contributed by atoms with E-state index in [1.165, 1.54) is 6.07 Å². The fourth-order valence-corrected chi connectivity index (χ4v) is 2.40. The molecule has 1 aromatic carbocycles. The highest BCUT2D eigenvalue weighted by Gasteiger charge is 2.24. The number of aliphatic hydroxyl groups is 1. The number of aliphatic hydroxyl groups excluding tert-OH is 1. The Balaban J connectivity index is 2.67. The molecule has 76 valence electrons. The molecule has 3 heteroatoms. The fraction of sp³-hybridized carbons (Fsp3) is 0.455. The summed E-state index contributed by atoms with van der Waals surface area (Å²) >= 11 is 5.93. The number of hydrogen-bond donors (Lipinski definition) is 1. The molecule has 14 heavy (non-hydrogen) atoms. The molecular weight excluding hydrogens is 203 g/mol. The van der Waals surface area contributed by atoms with E-state index in [0.29, 0.717) is 22.6 Å². The van der Waals surface area contributed by atoms with Crippen LogP contribution in [0.1, 0.15) is 35.6 Å². The van der Waals surface area contributed by atoms with Crippen LogP contribution < -0.4 is 0 Å². The molecule has 1 aliphatic carbocycles. The molecule has 1 aromatic rings. The van der Waals surface area contributed by atoms with Crippen molar-refractivity contribution in [3.05, 3.63) is 33.6 Å². The van der Waals surface area contributed by atoms with E-state index in [1.807, 2.05) is 0 Å². The summed E-state index contributed by atoms with van der Waals surface area (Å²) in [5.74, 6) is -0.324. The van der Waals surface area contributed by atoms with Gasteiger partial charge < -0.3 is 5.11 Å². The monoisotopic (exact) mass is 214 g/mol. The molecule has 0 fully saturated rings. The Kier molecular flexibility index (Phi) is 2.50. The smallest absolute Gasteiger partial charge is 0.127 e. The molecule has 1 N–H and O–H groups in total. The predicted octanol–water partition coefficient (Wildman–Crippen LogP) is 3.16. The lowest BCUT2D eigenvalue weighted by molar-refractivity contribution is 0.155. The summed E-state index contributed by atoms with van der Waals surface area (Å²) in [5.41, 5.74) is 2.17. The fourth-order valence-electron chi connectivity index (χ4n) is 2.11. The van der Waals surface area contributed by atoms with Gasteiger partial charge in [0.2, 0.25) is 0 Å². The number of hydrogen-bond acceptors (Lipinski definition) is 1. The van der Waals surface area contributed by atoms with Crippen LogP contribution in [0.25, 0.3) is 0 Å². The van der Waals surface area contributed by atoms with E-state index >= 15 is 0 Å². The molecular formula is C11H12ClFO. The van der Waals surface area contributed by atoms with Gasteiger partial charge in [0.05, 0.1) is 6.10 Å². The largest absolute Gasteiger partial charge is 0.388 e. The minimum Gasteiger partial charge on any atom is -0.388 e. The van der Waals surface area contributed by atoms with Crippen molar-refractivity contribution in [1.82, 2.24) is 0 Å². The Hall–Kier alpha value is -0.600. The second-order valence-electron chi connectivity index (χ2n) is 3.77. The van der Waals surface area contributed by atoms with Crippen molar-refractivity contribution >= 4 is 11.6 Å². The average molecular weight is 215 g/mol. The number of halogens is 2. The lowest BCUT2D eigenvalue weighted by atomic mass is 9.86. The van der Waals surface area contributed by atoms with Crippen LogP contribution in [0, 0.1) is 12.7 Å². The Morgan fingerprint density at radius 2 is 2.29 bits per heavy atom. The number of fused-ring (bicyclic) bond motifs is 1. The summed E-state index contributed by atoms with van der Waals surface area (Å²) in [6.45, 7) is 1.69. The highest BCUT2D eigenvalue weighted by Crippen LogP contribution is 2.37. The van der Waals surface area contributed by atoms with Crippen LogP contribution in [-0.2, 0) is 6.42 Å². The lowest BCUT2D eigenvalue weighted by Gasteiger charge is -2.24. The zero-order valence-electron chi connectivity index (χ0n) is 7.98. The molecule has 0 aliphatic heterocycles. The Labute approximate surface area is 87.5 Å².